The fourth-order valence-electron chi connectivity index (χ4n) is 2.64. The molecule has 0 bridgehead atoms. The minimum atomic E-state index is -0.760. The van der Waals surface area contributed by atoms with Crippen LogP contribution in [0.15, 0.2) is 60.7 Å². The molecule has 0 saturated carbocycles. The first-order valence-corrected chi connectivity index (χ1v) is 7.90. The second-order valence-corrected chi connectivity index (χ2v) is 5.73. The quantitative estimate of drug-likeness (QED) is 0.651. The number of aliphatic hydroxyl groups excluding tert-OH is 2. The van der Waals surface area contributed by atoms with Crippen molar-refractivity contribution in [3.8, 4) is 16.9 Å². The molecule has 124 valence electrons. The first kappa shape index (κ1) is 16.3. The van der Waals surface area contributed by atoms with E-state index < -0.39 is 6.10 Å². The van der Waals surface area contributed by atoms with Crippen molar-refractivity contribution < 1.29 is 14.9 Å². The SMILES string of the molecule is COc1ccc2cc(-c3cccc(NCC(O)CO)c3)ccc2c1. The zero-order valence-corrected chi connectivity index (χ0v) is 13.6. The zero-order chi connectivity index (χ0) is 16.9. The van der Waals surface area contributed by atoms with E-state index in [1.807, 2.05) is 30.3 Å². The minimum Gasteiger partial charge on any atom is -0.497 e. The van der Waals surface area contributed by atoms with Crippen LogP contribution in [0, 0.1) is 0 Å². The third-order valence-corrected chi connectivity index (χ3v) is 4.00. The van der Waals surface area contributed by atoms with Crippen LogP contribution in [0.3, 0.4) is 0 Å². The van der Waals surface area contributed by atoms with E-state index in [1.165, 1.54) is 0 Å². The molecule has 0 aromatic heterocycles. The van der Waals surface area contributed by atoms with Gasteiger partial charge in [0.15, 0.2) is 0 Å². The van der Waals surface area contributed by atoms with E-state index in [-0.39, 0.29) is 6.61 Å². The van der Waals surface area contributed by atoms with Crippen molar-refractivity contribution in [2.24, 2.45) is 0 Å². The van der Waals surface area contributed by atoms with Gasteiger partial charge in [-0.15, -0.1) is 0 Å². The maximum Gasteiger partial charge on any atom is 0.119 e. The van der Waals surface area contributed by atoms with Gasteiger partial charge in [-0.1, -0.05) is 30.3 Å². The molecule has 1 atom stereocenters. The van der Waals surface area contributed by atoms with E-state index in [0.29, 0.717) is 6.54 Å². The van der Waals surface area contributed by atoms with E-state index in [9.17, 15) is 5.11 Å². The predicted molar refractivity (Wildman–Crippen MR) is 97.5 cm³/mol. The van der Waals surface area contributed by atoms with E-state index in [4.69, 9.17) is 9.84 Å². The molecule has 4 nitrogen and oxygen atoms in total. The van der Waals surface area contributed by atoms with Gasteiger partial charge in [-0.2, -0.15) is 0 Å². The van der Waals surface area contributed by atoms with E-state index in [1.54, 1.807) is 7.11 Å². The highest BCUT2D eigenvalue weighted by Crippen LogP contribution is 2.28. The number of rotatable bonds is 6. The Hall–Kier alpha value is -2.56. The topological polar surface area (TPSA) is 61.7 Å². The lowest BCUT2D eigenvalue weighted by atomic mass is 10.0. The molecule has 0 fully saturated rings. The van der Waals surface area contributed by atoms with Crippen LogP contribution in [0.2, 0.25) is 0 Å². The lowest BCUT2D eigenvalue weighted by Gasteiger charge is -2.12. The lowest BCUT2D eigenvalue weighted by molar-refractivity contribution is 0.105. The average Bonchev–Trinajstić information content (AvgIpc) is 2.65. The second-order valence-electron chi connectivity index (χ2n) is 5.73. The Labute approximate surface area is 141 Å². The van der Waals surface area contributed by atoms with Crippen LogP contribution in [0.1, 0.15) is 0 Å². The molecule has 1 unspecified atom stereocenters. The molecule has 3 aromatic carbocycles. The number of ether oxygens (including phenoxy) is 1. The first-order chi connectivity index (χ1) is 11.7. The number of benzene rings is 3. The molecule has 0 radical (unpaired) electrons. The van der Waals surface area contributed by atoms with E-state index in [0.717, 1.165) is 33.3 Å². The zero-order valence-electron chi connectivity index (χ0n) is 13.6. The Bertz CT molecular complexity index is 832. The largest absolute Gasteiger partial charge is 0.497 e. The normalized spacial score (nSPS) is 12.1. The maximum atomic E-state index is 9.44. The van der Waals surface area contributed by atoms with Gasteiger partial charge in [0.05, 0.1) is 19.8 Å². The summed E-state index contributed by atoms with van der Waals surface area (Å²) in [7, 11) is 1.67. The first-order valence-electron chi connectivity index (χ1n) is 7.90. The molecule has 0 aliphatic carbocycles. The number of hydrogen-bond acceptors (Lipinski definition) is 4. The maximum absolute atomic E-state index is 9.44. The highest BCUT2D eigenvalue weighted by atomic mass is 16.5. The highest BCUT2D eigenvalue weighted by Gasteiger charge is 2.04. The molecule has 0 heterocycles. The van der Waals surface area contributed by atoms with Gasteiger partial charge in [-0.05, 0) is 52.2 Å². The third kappa shape index (κ3) is 3.67. The van der Waals surface area contributed by atoms with Crippen LogP contribution in [-0.2, 0) is 0 Å². The highest BCUT2D eigenvalue weighted by molar-refractivity contribution is 5.88. The smallest absolute Gasteiger partial charge is 0.119 e. The summed E-state index contributed by atoms with van der Waals surface area (Å²) in [4.78, 5) is 0. The minimum absolute atomic E-state index is 0.249. The monoisotopic (exact) mass is 323 g/mol. The van der Waals surface area contributed by atoms with Crippen molar-refractivity contribution in [1.29, 1.82) is 0 Å². The summed E-state index contributed by atoms with van der Waals surface area (Å²) in [6, 6.07) is 20.4. The van der Waals surface area contributed by atoms with Gasteiger partial charge >= 0.3 is 0 Å². The van der Waals surface area contributed by atoms with Crippen LogP contribution >= 0.6 is 0 Å². The molecule has 3 N–H and O–H groups in total. The molecule has 3 aromatic rings. The fraction of sp³-hybridized carbons (Fsp3) is 0.200. The molecule has 0 amide bonds. The Morgan fingerprint density at radius 3 is 2.50 bits per heavy atom. The van der Waals surface area contributed by atoms with Crippen molar-refractivity contribution in [1.82, 2.24) is 0 Å². The van der Waals surface area contributed by atoms with Gasteiger partial charge in [0.25, 0.3) is 0 Å². The predicted octanol–water partition coefficient (Wildman–Crippen LogP) is 3.28. The van der Waals surface area contributed by atoms with Crippen molar-refractivity contribution in [2.45, 2.75) is 6.10 Å². The number of hydrogen-bond donors (Lipinski definition) is 3. The van der Waals surface area contributed by atoms with Gasteiger partial charge in [0.1, 0.15) is 5.75 Å². The fourth-order valence-corrected chi connectivity index (χ4v) is 2.64. The summed E-state index contributed by atoms with van der Waals surface area (Å²) in [6.07, 6.45) is -0.760. The summed E-state index contributed by atoms with van der Waals surface area (Å²) in [5.74, 6) is 0.851. The summed E-state index contributed by atoms with van der Waals surface area (Å²) < 4.78 is 5.26. The van der Waals surface area contributed by atoms with Crippen LogP contribution < -0.4 is 10.1 Å². The van der Waals surface area contributed by atoms with Crippen molar-refractivity contribution in [3.05, 3.63) is 60.7 Å². The van der Waals surface area contributed by atoms with Crippen LogP contribution in [0.25, 0.3) is 21.9 Å². The van der Waals surface area contributed by atoms with Gasteiger partial charge in [-0.3, -0.25) is 0 Å². The Morgan fingerprint density at radius 1 is 0.958 bits per heavy atom. The lowest BCUT2D eigenvalue weighted by Crippen LogP contribution is -2.22. The standard InChI is InChI=1S/C20H21NO3/c1-24-20-8-7-16-9-15(5-6-17(16)11-20)14-3-2-4-18(10-14)21-12-19(23)13-22/h2-11,19,21-23H,12-13H2,1H3. The van der Waals surface area contributed by atoms with Crippen LogP contribution in [0.4, 0.5) is 5.69 Å². The Balaban J connectivity index is 1.87. The van der Waals surface area contributed by atoms with Gasteiger partial charge in [0.2, 0.25) is 0 Å². The van der Waals surface area contributed by atoms with Crippen molar-refractivity contribution in [3.63, 3.8) is 0 Å². The van der Waals surface area contributed by atoms with Crippen molar-refractivity contribution in [2.75, 3.05) is 25.6 Å². The molecule has 0 spiro atoms. The molecule has 0 aliphatic heterocycles. The van der Waals surface area contributed by atoms with Gasteiger partial charge in [0, 0.05) is 12.2 Å². The van der Waals surface area contributed by atoms with Gasteiger partial charge < -0.3 is 20.3 Å². The van der Waals surface area contributed by atoms with Gasteiger partial charge in [-0.25, -0.2) is 0 Å². The van der Waals surface area contributed by atoms with E-state index in [2.05, 4.69) is 35.6 Å². The Morgan fingerprint density at radius 2 is 1.71 bits per heavy atom. The molecule has 4 heteroatoms. The summed E-state index contributed by atoms with van der Waals surface area (Å²) in [5, 5.41) is 23.8. The second kappa shape index (κ2) is 7.34. The summed E-state index contributed by atoms with van der Waals surface area (Å²) >= 11 is 0. The van der Waals surface area contributed by atoms with Crippen molar-refractivity contribution >= 4 is 16.5 Å². The number of nitrogens with one attached hydrogen (secondary N) is 1. The molecule has 3 rings (SSSR count). The number of anilines is 1. The Kier molecular flexibility index (Phi) is 4.99. The molecular weight excluding hydrogens is 302 g/mol. The summed E-state index contributed by atoms with van der Waals surface area (Å²) in [6.45, 7) is 0.0678. The molecular formula is C20H21NO3. The molecule has 24 heavy (non-hydrogen) atoms. The number of methoxy groups -OCH3 is 1. The average molecular weight is 323 g/mol. The molecule has 0 aliphatic rings. The van der Waals surface area contributed by atoms with Crippen LogP contribution in [0.5, 0.6) is 5.75 Å². The third-order valence-electron chi connectivity index (χ3n) is 4.00. The van der Waals surface area contributed by atoms with E-state index >= 15 is 0 Å². The number of aliphatic hydroxyl groups is 2. The molecule has 0 saturated heterocycles. The number of fused-ring (bicyclic) bond motifs is 1. The summed E-state index contributed by atoms with van der Waals surface area (Å²) in [5.41, 5.74) is 3.13. The van der Waals surface area contributed by atoms with Crippen LogP contribution in [-0.4, -0.2) is 36.6 Å².